The zero-order valence-electron chi connectivity index (χ0n) is 12.1. The molecule has 0 amide bonds. The van der Waals surface area contributed by atoms with Crippen LogP contribution in [-0.2, 0) is 10.0 Å². The molecule has 0 spiro atoms. The van der Waals surface area contributed by atoms with Crippen molar-refractivity contribution in [1.82, 2.24) is 9.71 Å². The maximum atomic E-state index is 12.5. The molecule has 1 aromatic rings. The molecular weight excluding hydrogens is 274 g/mol. The number of anilines is 1. The Balaban J connectivity index is 2.14. The monoisotopic (exact) mass is 297 g/mol. The van der Waals surface area contributed by atoms with Gasteiger partial charge in [0, 0.05) is 25.5 Å². The molecule has 2 rings (SSSR count). The summed E-state index contributed by atoms with van der Waals surface area (Å²) in [5.74, 6) is 0.633. The quantitative estimate of drug-likeness (QED) is 0.875. The van der Waals surface area contributed by atoms with Crippen molar-refractivity contribution in [2.24, 2.45) is 5.92 Å². The van der Waals surface area contributed by atoms with Gasteiger partial charge in [0.2, 0.25) is 10.0 Å². The van der Waals surface area contributed by atoms with Gasteiger partial charge in [-0.1, -0.05) is 26.2 Å². The van der Waals surface area contributed by atoms with Crippen molar-refractivity contribution in [3.05, 3.63) is 18.5 Å². The van der Waals surface area contributed by atoms with E-state index in [1.165, 1.54) is 12.6 Å². The maximum absolute atomic E-state index is 12.5. The summed E-state index contributed by atoms with van der Waals surface area (Å²) >= 11 is 0. The van der Waals surface area contributed by atoms with Gasteiger partial charge < -0.3 is 5.32 Å². The summed E-state index contributed by atoms with van der Waals surface area (Å²) in [5.41, 5.74) is 0.579. The van der Waals surface area contributed by atoms with Crippen LogP contribution in [0.5, 0.6) is 0 Å². The van der Waals surface area contributed by atoms with Gasteiger partial charge in [-0.25, -0.2) is 13.1 Å². The van der Waals surface area contributed by atoms with Gasteiger partial charge in [-0.15, -0.1) is 0 Å². The highest BCUT2D eigenvalue weighted by Crippen LogP contribution is 2.28. The lowest BCUT2D eigenvalue weighted by atomic mass is 9.85. The van der Waals surface area contributed by atoms with Crippen molar-refractivity contribution < 1.29 is 8.42 Å². The van der Waals surface area contributed by atoms with Crippen molar-refractivity contribution in [3.8, 4) is 0 Å². The normalized spacial score (nSPS) is 23.5. The van der Waals surface area contributed by atoms with Gasteiger partial charge in [-0.2, -0.15) is 0 Å². The zero-order chi connectivity index (χ0) is 14.6. The lowest BCUT2D eigenvalue weighted by molar-refractivity contribution is 0.301. The molecule has 0 aromatic carbocycles. The van der Waals surface area contributed by atoms with Crippen LogP contribution in [-0.4, -0.2) is 26.5 Å². The van der Waals surface area contributed by atoms with Crippen LogP contribution in [0.25, 0.3) is 0 Å². The van der Waals surface area contributed by atoms with E-state index in [1.54, 1.807) is 19.3 Å². The number of hydrogen-bond acceptors (Lipinski definition) is 4. The van der Waals surface area contributed by atoms with E-state index in [0.717, 1.165) is 25.7 Å². The zero-order valence-corrected chi connectivity index (χ0v) is 12.9. The number of nitrogens with zero attached hydrogens (tertiary/aromatic N) is 1. The molecule has 1 saturated carbocycles. The molecule has 20 heavy (non-hydrogen) atoms. The Morgan fingerprint density at radius 1 is 1.40 bits per heavy atom. The van der Waals surface area contributed by atoms with E-state index in [9.17, 15) is 8.42 Å². The second-order valence-electron chi connectivity index (χ2n) is 5.38. The fourth-order valence-corrected chi connectivity index (χ4v) is 4.29. The van der Waals surface area contributed by atoms with E-state index in [0.29, 0.717) is 11.6 Å². The molecule has 5 nitrogen and oxygen atoms in total. The Morgan fingerprint density at radius 3 is 2.90 bits per heavy atom. The van der Waals surface area contributed by atoms with Crippen molar-refractivity contribution in [3.63, 3.8) is 0 Å². The first-order valence-corrected chi connectivity index (χ1v) is 8.69. The van der Waals surface area contributed by atoms with Gasteiger partial charge >= 0.3 is 0 Å². The fraction of sp³-hybridized carbons (Fsp3) is 0.643. The highest BCUT2D eigenvalue weighted by atomic mass is 32.2. The second-order valence-corrected chi connectivity index (χ2v) is 7.06. The summed E-state index contributed by atoms with van der Waals surface area (Å²) in [4.78, 5) is 4.15. The maximum Gasteiger partial charge on any atom is 0.244 e. The topological polar surface area (TPSA) is 71.1 Å². The van der Waals surface area contributed by atoms with Crippen LogP contribution >= 0.6 is 0 Å². The third kappa shape index (κ3) is 3.49. The number of nitrogens with one attached hydrogen (secondary N) is 2. The minimum atomic E-state index is -3.51. The lowest BCUT2D eigenvalue weighted by Gasteiger charge is -2.29. The molecule has 1 heterocycles. The summed E-state index contributed by atoms with van der Waals surface area (Å²) < 4.78 is 27.8. The molecule has 2 N–H and O–H groups in total. The standard InChI is InChI=1S/C14H23N3O2S/c1-3-11-5-4-6-12(9-11)17-20(18,19)14-10-16-8-7-13(14)15-2/h7-8,10-12,17H,3-6,9H2,1-2H3,(H,15,16). The van der Waals surface area contributed by atoms with E-state index < -0.39 is 10.0 Å². The first-order valence-electron chi connectivity index (χ1n) is 7.21. The second kappa shape index (κ2) is 6.54. The molecule has 1 aliphatic rings. The SMILES string of the molecule is CCC1CCCC(NS(=O)(=O)c2cnccc2NC)C1. The molecule has 1 aliphatic carbocycles. The van der Waals surface area contributed by atoms with Crippen LogP contribution in [0, 0.1) is 5.92 Å². The fourth-order valence-electron chi connectivity index (χ4n) is 2.85. The molecule has 0 radical (unpaired) electrons. The van der Waals surface area contributed by atoms with Gasteiger partial charge in [0.05, 0.1) is 5.69 Å². The highest BCUT2D eigenvalue weighted by molar-refractivity contribution is 7.89. The molecule has 1 fully saturated rings. The smallest absolute Gasteiger partial charge is 0.244 e. The average molecular weight is 297 g/mol. The van der Waals surface area contributed by atoms with Crippen LogP contribution in [0.3, 0.4) is 0 Å². The van der Waals surface area contributed by atoms with Gasteiger partial charge in [-0.05, 0) is 24.8 Å². The summed E-state index contributed by atoms with van der Waals surface area (Å²) in [6.45, 7) is 2.17. The third-order valence-electron chi connectivity index (χ3n) is 4.03. The first kappa shape index (κ1) is 15.3. The predicted molar refractivity (Wildman–Crippen MR) is 80.1 cm³/mol. The van der Waals surface area contributed by atoms with E-state index in [-0.39, 0.29) is 10.9 Å². The first-order chi connectivity index (χ1) is 9.56. The minimum Gasteiger partial charge on any atom is -0.387 e. The lowest BCUT2D eigenvalue weighted by Crippen LogP contribution is -2.38. The molecule has 112 valence electrons. The van der Waals surface area contributed by atoms with E-state index in [4.69, 9.17) is 0 Å². The van der Waals surface area contributed by atoms with Crippen molar-refractivity contribution in [2.45, 2.75) is 50.0 Å². The molecule has 6 heteroatoms. The third-order valence-corrected chi connectivity index (χ3v) is 5.57. The summed E-state index contributed by atoms with van der Waals surface area (Å²) in [7, 11) is -1.80. The van der Waals surface area contributed by atoms with Crippen molar-refractivity contribution in [2.75, 3.05) is 12.4 Å². The molecule has 2 unspecified atom stereocenters. The molecule has 0 saturated heterocycles. The van der Waals surface area contributed by atoms with Gasteiger partial charge in [0.25, 0.3) is 0 Å². The largest absolute Gasteiger partial charge is 0.387 e. The Labute approximate surface area is 121 Å². The number of hydrogen-bond donors (Lipinski definition) is 2. The van der Waals surface area contributed by atoms with Gasteiger partial charge in [0.1, 0.15) is 4.90 Å². The van der Waals surface area contributed by atoms with Crippen molar-refractivity contribution in [1.29, 1.82) is 0 Å². The van der Waals surface area contributed by atoms with Crippen LogP contribution in [0.1, 0.15) is 39.0 Å². The summed E-state index contributed by atoms with van der Waals surface area (Å²) in [6.07, 6.45) is 8.26. The number of aromatic nitrogens is 1. The van der Waals surface area contributed by atoms with E-state index >= 15 is 0 Å². The van der Waals surface area contributed by atoms with Crippen LogP contribution in [0.15, 0.2) is 23.4 Å². The van der Waals surface area contributed by atoms with Gasteiger partial charge in [0.15, 0.2) is 0 Å². The highest BCUT2D eigenvalue weighted by Gasteiger charge is 2.27. The molecule has 0 bridgehead atoms. The van der Waals surface area contributed by atoms with E-state index in [1.807, 2.05) is 0 Å². The Morgan fingerprint density at radius 2 is 2.20 bits per heavy atom. The molecule has 1 aromatic heterocycles. The molecule has 0 aliphatic heterocycles. The van der Waals surface area contributed by atoms with Gasteiger partial charge in [-0.3, -0.25) is 4.98 Å². The molecule has 2 atom stereocenters. The predicted octanol–water partition coefficient (Wildman–Crippen LogP) is 2.37. The Bertz CT molecular complexity index is 545. The minimum absolute atomic E-state index is 0.0450. The van der Waals surface area contributed by atoms with Crippen LogP contribution < -0.4 is 10.0 Å². The summed E-state index contributed by atoms with van der Waals surface area (Å²) in [6, 6.07) is 1.72. The Kier molecular flexibility index (Phi) is 4.99. The molecular formula is C14H23N3O2S. The van der Waals surface area contributed by atoms with E-state index in [2.05, 4.69) is 21.9 Å². The Hall–Kier alpha value is -1.14. The summed E-state index contributed by atoms with van der Waals surface area (Å²) in [5, 5.41) is 2.90. The number of rotatable bonds is 5. The number of sulfonamides is 1. The van der Waals surface area contributed by atoms with Crippen LogP contribution in [0.2, 0.25) is 0 Å². The van der Waals surface area contributed by atoms with Crippen molar-refractivity contribution >= 4 is 15.7 Å². The van der Waals surface area contributed by atoms with Crippen LogP contribution in [0.4, 0.5) is 5.69 Å². The average Bonchev–Trinajstić information content (AvgIpc) is 2.47. The number of pyridine rings is 1.